The SMILES string of the molecule is Cc1nnc(C(N)C2(O)CCNCC2)n1C. The molecule has 2 rings (SSSR count). The lowest BCUT2D eigenvalue weighted by Crippen LogP contribution is -2.49. The van der Waals surface area contributed by atoms with Crippen LogP contribution in [-0.2, 0) is 7.05 Å². The van der Waals surface area contributed by atoms with E-state index in [0.29, 0.717) is 18.7 Å². The Bertz CT molecular complexity index is 369. The van der Waals surface area contributed by atoms with Crippen LogP contribution >= 0.6 is 0 Å². The summed E-state index contributed by atoms with van der Waals surface area (Å²) >= 11 is 0. The Labute approximate surface area is 94.9 Å². The molecule has 16 heavy (non-hydrogen) atoms. The van der Waals surface area contributed by atoms with Gasteiger partial charge in [-0.1, -0.05) is 0 Å². The van der Waals surface area contributed by atoms with Gasteiger partial charge in [0.15, 0.2) is 5.82 Å². The maximum Gasteiger partial charge on any atom is 0.152 e. The number of piperidine rings is 1. The van der Waals surface area contributed by atoms with Gasteiger partial charge in [-0.2, -0.15) is 0 Å². The summed E-state index contributed by atoms with van der Waals surface area (Å²) in [4.78, 5) is 0. The summed E-state index contributed by atoms with van der Waals surface area (Å²) in [6.45, 7) is 3.46. The molecule has 0 aliphatic carbocycles. The average molecular weight is 225 g/mol. The first kappa shape index (κ1) is 11.5. The summed E-state index contributed by atoms with van der Waals surface area (Å²) in [5, 5.41) is 21.7. The van der Waals surface area contributed by atoms with Crippen molar-refractivity contribution in [3.63, 3.8) is 0 Å². The summed E-state index contributed by atoms with van der Waals surface area (Å²) in [5.41, 5.74) is 5.25. The Hall–Kier alpha value is -0.980. The molecule has 1 aromatic rings. The van der Waals surface area contributed by atoms with Crippen molar-refractivity contribution in [3.8, 4) is 0 Å². The van der Waals surface area contributed by atoms with Gasteiger partial charge in [0.2, 0.25) is 0 Å². The van der Waals surface area contributed by atoms with E-state index in [4.69, 9.17) is 5.73 Å². The van der Waals surface area contributed by atoms with Crippen LogP contribution in [0.5, 0.6) is 0 Å². The first-order chi connectivity index (χ1) is 7.54. The van der Waals surface area contributed by atoms with Gasteiger partial charge in [-0.25, -0.2) is 0 Å². The van der Waals surface area contributed by atoms with E-state index in [1.807, 2.05) is 18.5 Å². The highest BCUT2D eigenvalue weighted by Crippen LogP contribution is 2.30. The maximum atomic E-state index is 10.5. The van der Waals surface area contributed by atoms with Crippen molar-refractivity contribution in [1.82, 2.24) is 20.1 Å². The van der Waals surface area contributed by atoms with Crippen molar-refractivity contribution in [1.29, 1.82) is 0 Å². The van der Waals surface area contributed by atoms with Crippen molar-refractivity contribution >= 4 is 0 Å². The zero-order chi connectivity index (χ0) is 11.8. The van der Waals surface area contributed by atoms with Crippen molar-refractivity contribution in [2.45, 2.75) is 31.4 Å². The van der Waals surface area contributed by atoms with Crippen molar-refractivity contribution in [2.75, 3.05) is 13.1 Å². The molecule has 0 aromatic carbocycles. The lowest BCUT2D eigenvalue weighted by Gasteiger charge is -2.36. The van der Waals surface area contributed by atoms with Gasteiger partial charge in [-0.3, -0.25) is 0 Å². The highest BCUT2D eigenvalue weighted by atomic mass is 16.3. The summed E-state index contributed by atoms with van der Waals surface area (Å²) < 4.78 is 1.84. The van der Waals surface area contributed by atoms with E-state index in [0.717, 1.165) is 18.9 Å². The van der Waals surface area contributed by atoms with Crippen LogP contribution in [0.25, 0.3) is 0 Å². The predicted molar refractivity (Wildman–Crippen MR) is 59.7 cm³/mol. The number of aromatic nitrogens is 3. The van der Waals surface area contributed by atoms with Crippen molar-refractivity contribution in [3.05, 3.63) is 11.6 Å². The number of nitrogens with zero attached hydrogens (tertiary/aromatic N) is 3. The average Bonchev–Trinajstić information content (AvgIpc) is 2.60. The van der Waals surface area contributed by atoms with Gasteiger partial charge < -0.3 is 20.7 Å². The molecule has 1 saturated heterocycles. The second-order valence-electron chi connectivity index (χ2n) is 4.50. The van der Waals surface area contributed by atoms with Crippen LogP contribution in [0.3, 0.4) is 0 Å². The number of aryl methyl sites for hydroxylation is 1. The Morgan fingerprint density at radius 3 is 2.56 bits per heavy atom. The van der Waals surface area contributed by atoms with E-state index in [2.05, 4.69) is 15.5 Å². The number of hydrogen-bond donors (Lipinski definition) is 3. The molecule has 0 radical (unpaired) electrons. The zero-order valence-corrected chi connectivity index (χ0v) is 9.77. The fourth-order valence-electron chi connectivity index (χ4n) is 2.11. The van der Waals surface area contributed by atoms with Gasteiger partial charge in [0, 0.05) is 7.05 Å². The number of rotatable bonds is 2. The fraction of sp³-hybridized carbons (Fsp3) is 0.800. The summed E-state index contributed by atoms with van der Waals surface area (Å²) in [5.74, 6) is 1.46. The molecule has 6 nitrogen and oxygen atoms in total. The van der Waals surface area contributed by atoms with Crippen molar-refractivity contribution < 1.29 is 5.11 Å². The highest BCUT2D eigenvalue weighted by molar-refractivity contribution is 5.07. The minimum Gasteiger partial charge on any atom is -0.388 e. The van der Waals surface area contributed by atoms with E-state index in [9.17, 15) is 5.11 Å². The van der Waals surface area contributed by atoms with Gasteiger partial charge in [0.1, 0.15) is 5.82 Å². The number of hydrogen-bond acceptors (Lipinski definition) is 5. The molecule has 1 aliphatic rings. The minimum absolute atomic E-state index is 0.471. The second kappa shape index (κ2) is 4.12. The normalized spacial score (nSPS) is 22.0. The number of nitrogens with one attached hydrogen (secondary N) is 1. The second-order valence-corrected chi connectivity index (χ2v) is 4.50. The first-order valence-corrected chi connectivity index (χ1v) is 5.59. The largest absolute Gasteiger partial charge is 0.388 e. The minimum atomic E-state index is -0.863. The Kier molecular flexibility index (Phi) is 2.96. The smallest absolute Gasteiger partial charge is 0.152 e. The molecule has 1 unspecified atom stereocenters. The fourth-order valence-corrected chi connectivity index (χ4v) is 2.11. The van der Waals surface area contributed by atoms with Crippen LogP contribution in [0.4, 0.5) is 0 Å². The van der Waals surface area contributed by atoms with Crippen LogP contribution in [0.15, 0.2) is 0 Å². The molecule has 0 spiro atoms. The summed E-state index contributed by atoms with van der Waals surface area (Å²) in [6.07, 6.45) is 1.31. The van der Waals surface area contributed by atoms with Crippen molar-refractivity contribution in [2.24, 2.45) is 12.8 Å². The number of aliphatic hydroxyl groups is 1. The highest BCUT2D eigenvalue weighted by Gasteiger charge is 2.38. The third-order valence-corrected chi connectivity index (χ3v) is 3.45. The van der Waals surface area contributed by atoms with Gasteiger partial charge in [0.25, 0.3) is 0 Å². The summed E-state index contributed by atoms with van der Waals surface area (Å²) in [7, 11) is 1.87. The van der Waals surface area contributed by atoms with Crippen LogP contribution < -0.4 is 11.1 Å². The molecule has 0 amide bonds. The van der Waals surface area contributed by atoms with E-state index in [1.165, 1.54) is 0 Å². The van der Waals surface area contributed by atoms with Gasteiger partial charge in [-0.05, 0) is 32.9 Å². The maximum absolute atomic E-state index is 10.5. The Morgan fingerprint density at radius 1 is 1.44 bits per heavy atom. The quantitative estimate of drug-likeness (QED) is 0.615. The lowest BCUT2D eigenvalue weighted by atomic mass is 9.85. The van der Waals surface area contributed by atoms with E-state index in [1.54, 1.807) is 0 Å². The standard InChI is InChI=1S/C10H19N5O/c1-7-13-14-9(15(7)2)8(11)10(16)3-5-12-6-4-10/h8,12,16H,3-6,11H2,1-2H3. The molecule has 1 aromatic heterocycles. The first-order valence-electron chi connectivity index (χ1n) is 5.59. The molecular weight excluding hydrogens is 206 g/mol. The molecule has 90 valence electrons. The zero-order valence-electron chi connectivity index (χ0n) is 9.77. The monoisotopic (exact) mass is 225 g/mol. The van der Waals surface area contributed by atoms with Crippen LogP contribution in [0.2, 0.25) is 0 Å². The van der Waals surface area contributed by atoms with Gasteiger partial charge in [-0.15, -0.1) is 10.2 Å². The molecule has 1 fully saturated rings. The molecule has 1 atom stereocenters. The molecule has 0 saturated carbocycles. The topological polar surface area (TPSA) is 89.0 Å². The Morgan fingerprint density at radius 2 is 2.06 bits per heavy atom. The van der Waals surface area contributed by atoms with Gasteiger partial charge >= 0.3 is 0 Å². The van der Waals surface area contributed by atoms with E-state index >= 15 is 0 Å². The van der Waals surface area contributed by atoms with E-state index < -0.39 is 11.6 Å². The molecule has 0 bridgehead atoms. The third kappa shape index (κ3) is 1.83. The summed E-state index contributed by atoms with van der Waals surface area (Å²) in [6, 6.07) is -0.471. The Balaban J connectivity index is 2.23. The molecule has 1 aliphatic heterocycles. The van der Waals surface area contributed by atoms with Crippen LogP contribution in [-0.4, -0.2) is 38.6 Å². The third-order valence-electron chi connectivity index (χ3n) is 3.45. The molecule has 4 N–H and O–H groups in total. The van der Waals surface area contributed by atoms with Crippen LogP contribution in [0, 0.1) is 6.92 Å². The molecule has 6 heteroatoms. The number of nitrogens with two attached hydrogens (primary N) is 1. The molecular formula is C10H19N5O. The lowest BCUT2D eigenvalue weighted by molar-refractivity contribution is -0.0174. The molecule has 2 heterocycles. The van der Waals surface area contributed by atoms with Crippen LogP contribution in [0.1, 0.15) is 30.5 Å². The van der Waals surface area contributed by atoms with Gasteiger partial charge in [0.05, 0.1) is 11.6 Å². The predicted octanol–water partition coefficient (Wildman–Crippen LogP) is -0.762. The van der Waals surface area contributed by atoms with E-state index in [-0.39, 0.29) is 0 Å².